The Hall–Kier alpha value is -2.64. The van der Waals surface area contributed by atoms with Crippen LogP contribution in [0.4, 0.5) is 0 Å². The molecule has 4 N–H and O–H groups in total. The summed E-state index contributed by atoms with van der Waals surface area (Å²) in [5.74, 6) is -0.589. The number of halogens is 1. The van der Waals surface area contributed by atoms with E-state index in [0.29, 0.717) is 23.6 Å². The summed E-state index contributed by atoms with van der Waals surface area (Å²) in [7, 11) is 0. The average molecular weight is 403 g/mol. The molecule has 1 aromatic heterocycles. The highest BCUT2D eigenvalue weighted by atomic mass is 35.5. The molecule has 0 saturated carbocycles. The van der Waals surface area contributed by atoms with Crippen LogP contribution >= 0.6 is 11.6 Å². The van der Waals surface area contributed by atoms with Crippen molar-refractivity contribution in [3.63, 3.8) is 0 Å². The molecule has 148 valence electrons. The highest BCUT2D eigenvalue weighted by molar-refractivity contribution is 6.30. The first-order valence-corrected chi connectivity index (χ1v) is 9.49. The number of pyridine rings is 1. The van der Waals surface area contributed by atoms with Gasteiger partial charge in [-0.1, -0.05) is 41.9 Å². The second-order valence-electron chi connectivity index (χ2n) is 7.02. The lowest BCUT2D eigenvalue weighted by Gasteiger charge is -2.28. The molecule has 2 aromatic rings. The molecule has 3 atom stereocenters. The van der Waals surface area contributed by atoms with E-state index in [2.05, 4.69) is 10.3 Å². The maximum Gasteiger partial charge on any atom is 0.253 e. The van der Waals surface area contributed by atoms with Crippen LogP contribution in [0.15, 0.2) is 47.4 Å². The first-order valence-electron chi connectivity index (χ1n) is 9.11. The van der Waals surface area contributed by atoms with Crippen LogP contribution in [0, 0.1) is 0 Å². The van der Waals surface area contributed by atoms with Crippen molar-refractivity contribution in [1.29, 1.82) is 0 Å². The minimum atomic E-state index is -0.565. The maximum absolute atomic E-state index is 12.7. The van der Waals surface area contributed by atoms with E-state index in [1.54, 1.807) is 6.92 Å². The lowest BCUT2D eigenvalue weighted by Crippen LogP contribution is -2.51. The van der Waals surface area contributed by atoms with Gasteiger partial charge >= 0.3 is 0 Å². The molecule has 28 heavy (non-hydrogen) atoms. The predicted octanol–water partition coefficient (Wildman–Crippen LogP) is 1.38. The number of hydrogen-bond donors (Lipinski definition) is 3. The number of benzene rings is 1. The topological polar surface area (TPSA) is 108 Å². The number of hydrogen-bond acceptors (Lipinski definition) is 4. The van der Waals surface area contributed by atoms with E-state index < -0.39 is 18.0 Å². The van der Waals surface area contributed by atoms with Crippen molar-refractivity contribution in [2.45, 2.75) is 37.9 Å². The van der Waals surface area contributed by atoms with Gasteiger partial charge in [-0.3, -0.25) is 19.3 Å². The molecular formula is C20H23ClN4O3. The number of aromatic nitrogens is 1. The Morgan fingerprint density at radius 2 is 2.07 bits per heavy atom. The van der Waals surface area contributed by atoms with Gasteiger partial charge in [-0.25, -0.2) is 0 Å². The van der Waals surface area contributed by atoms with E-state index >= 15 is 0 Å². The van der Waals surface area contributed by atoms with Crippen molar-refractivity contribution in [3.05, 3.63) is 69.1 Å². The molecule has 0 aliphatic carbocycles. The van der Waals surface area contributed by atoms with Crippen molar-refractivity contribution in [2.75, 3.05) is 6.54 Å². The van der Waals surface area contributed by atoms with Crippen LogP contribution in [-0.4, -0.2) is 40.3 Å². The number of carbonyl (C=O) groups excluding carboxylic acids is 2. The molecule has 2 amide bonds. The standard InChI is InChI=1S/C20H23ClN4O3/c1-12(19(27)23-9-14-7-16(21)10-24-20(14)28)25-11-15(8-17(25)18(22)26)13-5-3-2-4-6-13/h2-7,10,12,15,17H,8-9,11H2,1H3,(H2,22,26)(H,23,27)(H,24,28)/t12-,15?,17?/m0/s1. The number of carbonyl (C=O) groups is 2. The third kappa shape index (κ3) is 4.43. The van der Waals surface area contributed by atoms with Crippen molar-refractivity contribution < 1.29 is 9.59 Å². The van der Waals surface area contributed by atoms with Crippen molar-refractivity contribution in [3.8, 4) is 0 Å². The molecule has 2 unspecified atom stereocenters. The van der Waals surface area contributed by atoms with Gasteiger partial charge in [0.1, 0.15) is 0 Å². The molecule has 1 aliphatic rings. The summed E-state index contributed by atoms with van der Waals surface area (Å²) in [6, 6.07) is 10.3. The molecule has 0 spiro atoms. The number of likely N-dealkylation sites (tertiary alicyclic amines) is 1. The second kappa shape index (κ2) is 8.58. The van der Waals surface area contributed by atoms with E-state index in [1.807, 2.05) is 35.2 Å². The van der Waals surface area contributed by atoms with Crippen LogP contribution in [-0.2, 0) is 16.1 Å². The van der Waals surface area contributed by atoms with E-state index in [1.165, 1.54) is 12.3 Å². The molecule has 7 nitrogen and oxygen atoms in total. The van der Waals surface area contributed by atoms with Gasteiger partial charge in [0.05, 0.1) is 17.1 Å². The molecule has 3 rings (SSSR count). The number of rotatable bonds is 6. The Labute approximate surface area is 167 Å². The summed E-state index contributed by atoms with van der Waals surface area (Å²) < 4.78 is 0. The summed E-state index contributed by atoms with van der Waals surface area (Å²) >= 11 is 5.88. The van der Waals surface area contributed by atoms with Crippen LogP contribution in [0.2, 0.25) is 5.02 Å². The fraction of sp³-hybridized carbons (Fsp3) is 0.350. The number of nitrogens with two attached hydrogens (primary N) is 1. The van der Waals surface area contributed by atoms with Gasteiger partial charge in [0.15, 0.2) is 0 Å². The van der Waals surface area contributed by atoms with Gasteiger partial charge in [0, 0.05) is 24.8 Å². The van der Waals surface area contributed by atoms with Crippen molar-refractivity contribution >= 4 is 23.4 Å². The molecule has 8 heteroatoms. The van der Waals surface area contributed by atoms with Crippen LogP contribution in [0.3, 0.4) is 0 Å². The Morgan fingerprint density at radius 1 is 1.36 bits per heavy atom. The third-order valence-corrected chi connectivity index (χ3v) is 5.43. The first kappa shape index (κ1) is 20.1. The van der Waals surface area contributed by atoms with Crippen molar-refractivity contribution in [1.82, 2.24) is 15.2 Å². The Bertz CT molecular complexity index is 915. The fourth-order valence-corrected chi connectivity index (χ4v) is 3.83. The molecule has 0 bridgehead atoms. The fourth-order valence-electron chi connectivity index (χ4n) is 3.65. The van der Waals surface area contributed by atoms with E-state index in [4.69, 9.17) is 17.3 Å². The summed E-state index contributed by atoms with van der Waals surface area (Å²) in [6.45, 7) is 2.35. The van der Waals surface area contributed by atoms with Gasteiger partial charge in [-0.05, 0) is 30.9 Å². The SMILES string of the molecule is C[C@@H](C(=O)NCc1cc(Cl)c[nH]c1=O)N1CC(c2ccccc2)CC1C(N)=O. The number of nitrogens with one attached hydrogen (secondary N) is 2. The molecule has 1 aromatic carbocycles. The zero-order valence-electron chi connectivity index (χ0n) is 15.5. The summed E-state index contributed by atoms with van der Waals surface area (Å²) in [5, 5.41) is 3.13. The van der Waals surface area contributed by atoms with Crippen LogP contribution in [0.25, 0.3) is 0 Å². The molecule has 2 heterocycles. The van der Waals surface area contributed by atoms with Crippen LogP contribution in [0.1, 0.15) is 30.4 Å². The normalized spacial score (nSPS) is 20.6. The Morgan fingerprint density at radius 3 is 2.75 bits per heavy atom. The van der Waals surface area contributed by atoms with Gasteiger partial charge in [0.25, 0.3) is 5.56 Å². The predicted molar refractivity (Wildman–Crippen MR) is 107 cm³/mol. The lowest BCUT2D eigenvalue weighted by atomic mass is 9.96. The molecule has 0 radical (unpaired) electrons. The summed E-state index contributed by atoms with van der Waals surface area (Å²) in [4.78, 5) is 40.8. The number of amides is 2. The monoisotopic (exact) mass is 402 g/mol. The molecule has 1 fully saturated rings. The van der Waals surface area contributed by atoms with E-state index in [9.17, 15) is 14.4 Å². The zero-order chi connectivity index (χ0) is 20.3. The van der Waals surface area contributed by atoms with Crippen LogP contribution < -0.4 is 16.6 Å². The molecule has 1 saturated heterocycles. The minimum Gasteiger partial charge on any atom is -0.368 e. The Kier molecular flexibility index (Phi) is 6.16. The molecular weight excluding hydrogens is 380 g/mol. The van der Waals surface area contributed by atoms with Gasteiger partial charge in [-0.2, -0.15) is 0 Å². The number of primary amides is 1. The van der Waals surface area contributed by atoms with Crippen LogP contribution in [0.5, 0.6) is 0 Å². The van der Waals surface area contributed by atoms with Gasteiger partial charge in [-0.15, -0.1) is 0 Å². The lowest BCUT2D eigenvalue weighted by molar-refractivity contribution is -0.129. The largest absolute Gasteiger partial charge is 0.368 e. The minimum absolute atomic E-state index is 0.0518. The van der Waals surface area contributed by atoms with Gasteiger partial charge in [0.2, 0.25) is 11.8 Å². The van der Waals surface area contributed by atoms with Crippen molar-refractivity contribution in [2.24, 2.45) is 5.73 Å². The Balaban J connectivity index is 1.69. The van der Waals surface area contributed by atoms with E-state index in [0.717, 1.165) is 5.56 Å². The highest BCUT2D eigenvalue weighted by Gasteiger charge is 2.40. The molecule has 1 aliphatic heterocycles. The smallest absolute Gasteiger partial charge is 0.253 e. The average Bonchev–Trinajstić information content (AvgIpc) is 3.14. The number of aromatic amines is 1. The quantitative estimate of drug-likeness (QED) is 0.678. The zero-order valence-corrected chi connectivity index (χ0v) is 16.3. The van der Waals surface area contributed by atoms with E-state index in [-0.39, 0.29) is 23.9 Å². The third-order valence-electron chi connectivity index (χ3n) is 5.21. The first-order chi connectivity index (χ1) is 13.4. The number of nitrogens with zero attached hydrogens (tertiary/aromatic N) is 1. The second-order valence-corrected chi connectivity index (χ2v) is 7.46. The number of H-pyrrole nitrogens is 1. The maximum atomic E-state index is 12.7. The highest BCUT2D eigenvalue weighted by Crippen LogP contribution is 2.33. The summed E-state index contributed by atoms with van der Waals surface area (Å²) in [5.41, 5.74) is 6.77. The summed E-state index contributed by atoms with van der Waals surface area (Å²) in [6.07, 6.45) is 1.97. The van der Waals surface area contributed by atoms with Gasteiger partial charge < -0.3 is 16.0 Å².